The van der Waals surface area contributed by atoms with Crippen molar-refractivity contribution in [3.63, 3.8) is 0 Å². The van der Waals surface area contributed by atoms with Gasteiger partial charge in [0.2, 0.25) is 0 Å². The molecule has 4 aromatic rings. The summed E-state index contributed by atoms with van der Waals surface area (Å²) in [4.78, 5) is 1.27. The second-order valence-electron chi connectivity index (χ2n) is 4.67. The van der Waals surface area contributed by atoms with E-state index in [9.17, 15) is 0 Å². The molecular formula is C16H20N4O2S2. The topological polar surface area (TPSA) is 77.8 Å². The van der Waals surface area contributed by atoms with Gasteiger partial charge in [0.25, 0.3) is 0 Å². The molecule has 128 valence electrons. The van der Waals surface area contributed by atoms with Gasteiger partial charge in [0.15, 0.2) is 0 Å². The molecular weight excluding hydrogens is 344 g/mol. The van der Waals surface area contributed by atoms with E-state index in [1.165, 1.54) is 33.5 Å². The van der Waals surface area contributed by atoms with E-state index in [1.807, 2.05) is 45.3 Å². The fourth-order valence-corrected chi connectivity index (χ4v) is 1.99. The zero-order valence-electron chi connectivity index (χ0n) is 14.0. The first-order chi connectivity index (χ1) is 11.6. The first kappa shape index (κ1) is 19.7. The first-order valence-corrected chi connectivity index (χ1v) is 8.65. The molecule has 0 aliphatic rings. The molecule has 0 radical (unpaired) electrons. The molecule has 4 aromatic heterocycles. The van der Waals surface area contributed by atoms with Gasteiger partial charge >= 0.3 is 0 Å². The minimum Gasteiger partial charge on any atom is -0.365 e. The minimum atomic E-state index is 0.926. The number of aryl methyl sites for hydroxylation is 4. The van der Waals surface area contributed by atoms with E-state index in [2.05, 4.69) is 28.1 Å². The predicted octanol–water partition coefficient (Wildman–Crippen LogP) is 4.87. The molecule has 0 fully saturated rings. The maximum atomic E-state index is 4.46. The average Bonchev–Trinajstić information content (AvgIpc) is 3.31. The van der Waals surface area contributed by atoms with E-state index in [4.69, 9.17) is 0 Å². The Hall–Kier alpha value is -2.32. The Balaban J connectivity index is 0.000000160. The molecule has 0 bridgehead atoms. The average molecular weight is 364 g/mol. The van der Waals surface area contributed by atoms with Crippen LogP contribution in [-0.4, -0.2) is 19.1 Å². The second kappa shape index (κ2) is 12.1. The van der Waals surface area contributed by atoms with E-state index in [1.54, 1.807) is 31.0 Å². The predicted molar refractivity (Wildman–Crippen MR) is 96.2 cm³/mol. The standard InChI is InChI=1S/2C4H5NO.2C4H5NS/c1-4-2-5-6-3-4;1-4-2-3-6-5-4;1-4-2-5-6-3-4;1-4-2-3-5-6-4/h4*2-3H,1H3. The van der Waals surface area contributed by atoms with E-state index in [-0.39, 0.29) is 0 Å². The van der Waals surface area contributed by atoms with Gasteiger partial charge in [-0.3, -0.25) is 0 Å². The molecule has 0 unspecified atom stereocenters. The Morgan fingerprint density at radius 3 is 1.92 bits per heavy atom. The van der Waals surface area contributed by atoms with Crippen LogP contribution in [0.15, 0.2) is 57.7 Å². The van der Waals surface area contributed by atoms with Gasteiger partial charge in [-0.1, -0.05) is 10.3 Å². The third kappa shape index (κ3) is 10.4. The molecule has 0 saturated heterocycles. The van der Waals surface area contributed by atoms with E-state index in [0.717, 1.165) is 11.3 Å². The van der Waals surface area contributed by atoms with Crippen molar-refractivity contribution in [3.05, 3.63) is 70.3 Å². The van der Waals surface area contributed by atoms with Crippen LogP contribution in [-0.2, 0) is 0 Å². The highest BCUT2D eigenvalue weighted by molar-refractivity contribution is 7.05. The number of hydrogen-bond acceptors (Lipinski definition) is 8. The van der Waals surface area contributed by atoms with Gasteiger partial charge in [0.1, 0.15) is 12.5 Å². The summed E-state index contributed by atoms with van der Waals surface area (Å²) in [5.74, 6) is 0. The Labute approximate surface area is 149 Å². The summed E-state index contributed by atoms with van der Waals surface area (Å²) < 4.78 is 16.7. The fraction of sp³-hybridized carbons (Fsp3) is 0.250. The molecule has 24 heavy (non-hydrogen) atoms. The van der Waals surface area contributed by atoms with Crippen LogP contribution in [0.1, 0.15) is 21.7 Å². The van der Waals surface area contributed by atoms with Crippen LogP contribution < -0.4 is 0 Å². The molecule has 0 aliphatic carbocycles. The van der Waals surface area contributed by atoms with Crippen molar-refractivity contribution >= 4 is 23.1 Å². The lowest BCUT2D eigenvalue weighted by atomic mass is 10.4. The van der Waals surface area contributed by atoms with Crippen LogP contribution in [0.2, 0.25) is 0 Å². The van der Waals surface area contributed by atoms with E-state index >= 15 is 0 Å². The van der Waals surface area contributed by atoms with Crippen LogP contribution in [0.5, 0.6) is 0 Å². The number of rotatable bonds is 0. The molecule has 0 aromatic carbocycles. The molecule has 4 heterocycles. The van der Waals surface area contributed by atoms with Crippen LogP contribution in [0.4, 0.5) is 0 Å². The van der Waals surface area contributed by atoms with Gasteiger partial charge in [-0.25, -0.2) is 8.75 Å². The third-order valence-corrected chi connectivity index (χ3v) is 3.60. The molecule has 0 spiro atoms. The summed E-state index contributed by atoms with van der Waals surface area (Å²) in [7, 11) is 0. The molecule has 4 rings (SSSR count). The van der Waals surface area contributed by atoms with Crippen LogP contribution >= 0.6 is 23.1 Å². The quantitative estimate of drug-likeness (QED) is 0.443. The lowest BCUT2D eigenvalue weighted by Crippen LogP contribution is -1.59. The number of hydrogen-bond donors (Lipinski definition) is 0. The van der Waals surface area contributed by atoms with Gasteiger partial charge in [-0.15, -0.1) is 0 Å². The summed E-state index contributed by atoms with van der Waals surface area (Å²) in [5.41, 5.74) is 3.24. The Morgan fingerprint density at radius 2 is 1.75 bits per heavy atom. The summed E-state index contributed by atoms with van der Waals surface area (Å²) in [6.07, 6.45) is 8.47. The van der Waals surface area contributed by atoms with Crippen molar-refractivity contribution in [1.29, 1.82) is 0 Å². The van der Waals surface area contributed by atoms with Crippen LogP contribution in [0, 0.1) is 27.7 Å². The lowest BCUT2D eigenvalue weighted by molar-refractivity contribution is 0.415. The molecule has 0 saturated carbocycles. The Kier molecular flexibility index (Phi) is 9.98. The SMILES string of the molecule is Cc1ccns1.Cc1ccon1.Cc1cnoc1.Cc1cnsc1. The van der Waals surface area contributed by atoms with Gasteiger partial charge in [0.05, 0.1) is 11.9 Å². The number of aromatic nitrogens is 4. The molecule has 6 nitrogen and oxygen atoms in total. The van der Waals surface area contributed by atoms with E-state index < -0.39 is 0 Å². The maximum absolute atomic E-state index is 4.46. The summed E-state index contributed by atoms with van der Waals surface area (Å²) in [6.45, 7) is 7.88. The first-order valence-electron chi connectivity index (χ1n) is 7.04. The van der Waals surface area contributed by atoms with Crippen molar-refractivity contribution in [2.75, 3.05) is 0 Å². The van der Waals surface area contributed by atoms with Crippen LogP contribution in [0.3, 0.4) is 0 Å². The van der Waals surface area contributed by atoms with Gasteiger partial charge < -0.3 is 9.05 Å². The highest BCUT2D eigenvalue weighted by Crippen LogP contribution is 1.98. The second-order valence-corrected chi connectivity index (χ2v) is 6.36. The fourth-order valence-electron chi connectivity index (χ4n) is 1.07. The molecule has 0 aliphatic heterocycles. The van der Waals surface area contributed by atoms with Crippen molar-refractivity contribution in [3.8, 4) is 0 Å². The van der Waals surface area contributed by atoms with Crippen LogP contribution in [0.25, 0.3) is 0 Å². The molecule has 0 atom stereocenters. The molecule has 8 heteroatoms. The normalized spacial score (nSPS) is 8.83. The lowest BCUT2D eigenvalue weighted by Gasteiger charge is -1.63. The number of nitrogens with zero attached hydrogens (tertiary/aromatic N) is 4. The zero-order valence-corrected chi connectivity index (χ0v) is 15.7. The van der Waals surface area contributed by atoms with Crippen molar-refractivity contribution in [2.24, 2.45) is 0 Å². The highest BCUT2D eigenvalue weighted by atomic mass is 32.1. The van der Waals surface area contributed by atoms with Gasteiger partial charge in [-0.2, -0.15) is 0 Å². The van der Waals surface area contributed by atoms with Crippen molar-refractivity contribution in [1.82, 2.24) is 19.1 Å². The largest absolute Gasteiger partial charge is 0.365 e. The van der Waals surface area contributed by atoms with Crippen molar-refractivity contribution in [2.45, 2.75) is 27.7 Å². The monoisotopic (exact) mass is 364 g/mol. The molecule has 0 amide bonds. The Morgan fingerprint density at radius 1 is 0.917 bits per heavy atom. The minimum absolute atomic E-state index is 0.926. The maximum Gasteiger partial charge on any atom is 0.126 e. The summed E-state index contributed by atoms with van der Waals surface area (Å²) >= 11 is 3.02. The smallest absolute Gasteiger partial charge is 0.126 e. The van der Waals surface area contributed by atoms with Crippen molar-refractivity contribution < 1.29 is 9.05 Å². The van der Waals surface area contributed by atoms with E-state index in [0.29, 0.717) is 0 Å². The highest BCUT2D eigenvalue weighted by Gasteiger charge is 1.79. The third-order valence-electron chi connectivity index (χ3n) is 2.25. The van der Waals surface area contributed by atoms with Gasteiger partial charge in [0, 0.05) is 34.3 Å². The van der Waals surface area contributed by atoms with Gasteiger partial charge in [-0.05, 0) is 62.4 Å². The summed E-state index contributed by atoms with van der Waals surface area (Å²) in [6, 6.07) is 3.80. The summed E-state index contributed by atoms with van der Waals surface area (Å²) in [5, 5.41) is 9.00. The molecule has 0 N–H and O–H groups in total. The zero-order chi connectivity index (χ0) is 17.6. The Bertz CT molecular complexity index is 577.